The molecule has 4 N–H and O–H groups in total. The van der Waals surface area contributed by atoms with Crippen LogP contribution in [0.2, 0.25) is 0 Å². The van der Waals surface area contributed by atoms with Crippen molar-refractivity contribution in [2.45, 2.75) is 56.7 Å². The fourth-order valence-electron chi connectivity index (χ4n) is 3.98. The highest BCUT2D eigenvalue weighted by molar-refractivity contribution is 5.91. The number of fused-ring (bicyclic) bond motifs is 2. The molecule has 3 atom stereocenters. The van der Waals surface area contributed by atoms with Gasteiger partial charge in [0.25, 0.3) is 0 Å². The number of primary amides is 1. The molecule has 2 amide bonds. The Bertz CT molecular complexity index is 577. The summed E-state index contributed by atoms with van der Waals surface area (Å²) in [6, 6.07) is 10.3. The molecule has 2 saturated heterocycles. The van der Waals surface area contributed by atoms with Crippen LogP contribution in [0.25, 0.3) is 0 Å². The van der Waals surface area contributed by atoms with Crippen molar-refractivity contribution < 1.29 is 9.59 Å². The van der Waals surface area contributed by atoms with Crippen molar-refractivity contribution in [3.63, 3.8) is 0 Å². The minimum Gasteiger partial charge on any atom is -0.367 e. The maximum absolute atomic E-state index is 12.5. The lowest BCUT2D eigenvalue weighted by atomic mass is 9.87. The van der Waals surface area contributed by atoms with Crippen LogP contribution in [0.5, 0.6) is 0 Å². The molecule has 0 spiro atoms. The SMILES string of the molecule is CC(NC(=O)CC1CC2CCC(C1)N2)(C(N)=O)c1ccccc1. The molecule has 2 bridgehead atoms. The highest BCUT2D eigenvalue weighted by Gasteiger charge is 2.37. The van der Waals surface area contributed by atoms with E-state index in [4.69, 9.17) is 5.73 Å². The molecule has 0 aliphatic carbocycles. The molecule has 2 aliphatic rings. The summed E-state index contributed by atoms with van der Waals surface area (Å²) in [5.74, 6) is -0.245. The first kappa shape index (κ1) is 16.0. The second-order valence-corrected chi connectivity index (χ2v) is 7.08. The Balaban J connectivity index is 1.66. The van der Waals surface area contributed by atoms with Crippen molar-refractivity contribution >= 4 is 11.8 Å². The van der Waals surface area contributed by atoms with Crippen molar-refractivity contribution in [1.82, 2.24) is 10.6 Å². The van der Waals surface area contributed by atoms with Gasteiger partial charge < -0.3 is 16.4 Å². The van der Waals surface area contributed by atoms with Crippen molar-refractivity contribution in [2.75, 3.05) is 0 Å². The van der Waals surface area contributed by atoms with Gasteiger partial charge in [-0.25, -0.2) is 0 Å². The van der Waals surface area contributed by atoms with E-state index in [1.165, 1.54) is 12.8 Å². The van der Waals surface area contributed by atoms with Gasteiger partial charge in [-0.3, -0.25) is 9.59 Å². The summed E-state index contributed by atoms with van der Waals surface area (Å²) < 4.78 is 0. The third kappa shape index (κ3) is 3.39. The molecule has 0 saturated carbocycles. The Hall–Kier alpha value is -1.88. The van der Waals surface area contributed by atoms with Crippen molar-refractivity contribution in [3.05, 3.63) is 35.9 Å². The molecule has 2 heterocycles. The first-order chi connectivity index (χ1) is 11.0. The summed E-state index contributed by atoms with van der Waals surface area (Å²) in [5.41, 5.74) is 5.13. The second-order valence-electron chi connectivity index (χ2n) is 7.08. The zero-order chi connectivity index (χ0) is 16.4. The predicted molar refractivity (Wildman–Crippen MR) is 88.4 cm³/mol. The van der Waals surface area contributed by atoms with E-state index in [-0.39, 0.29) is 5.91 Å². The van der Waals surface area contributed by atoms with Crippen LogP contribution in [0.3, 0.4) is 0 Å². The van der Waals surface area contributed by atoms with Gasteiger partial charge in [-0.1, -0.05) is 30.3 Å². The number of benzene rings is 1. The average molecular weight is 315 g/mol. The van der Waals surface area contributed by atoms with Crippen LogP contribution in [-0.4, -0.2) is 23.9 Å². The first-order valence-electron chi connectivity index (χ1n) is 8.40. The van der Waals surface area contributed by atoms with Crippen LogP contribution in [0.15, 0.2) is 30.3 Å². The van der Waals surface area contributed by atoms with Gasteiger partial charge in [0.05, 0.1) is 0 Å². The van der Waals surface area contributed by atoms with Crippen molar-refractivity contribution in [2.24, 2.45) is 11.7 Å². The lowest BCUT2D eigenvalue weighted by Gasteiger charge is -2.31. The molecule has 23 heavy (non-hydrogen) atoms. The molecular formula is C18H25N3O2. The van der Waals surface area contributed by atoms with Gasteiger partial charge in [0.1, 0.15) is 5.54 Å². The Kier molecular flexibility index (Phi) is 4.39. The molecule has 2 aliphatic heterocycles. The van der Waals surface area contributed by atoms with Crippen molar-refractivity contribution in [1.29, 1.82) is 0 Å². The van der Waals surface area contributed by atoms with E-state index in [0.29, 0.717) is 30.0 Å². The van der Waals surface area contributed by atoms with E-state index < -0.39 is 11.4 Å². The van der Waals surface area contributed by atoms with E-state index in [0.717, 1.165) is 12.8 Å². The van der Waals surface area contributed by atoms with Crippen LogP contribution in [0.1, 0.15) is 44.6 Å². The molecular weight excluding hydrogens is 290 g/mol. The molecule has 124 valence electrons. The van der Waals surface area contributed by atoms with E-state index in [2.05, 4.69) is 10.6 Å². The maximum atomic E-state index is 12.5. The summed E-state index contributed by atoms with van der Waals surface area (Å²) in [6.07, 6.45) is 4.98. The van der Waals surface area contributed by atoms with Crippen LogP contribution in [0.4, 0.5) is 0 Å². The number of hydrogen-bond donors (Lipinski definition) is 3. The van der Waals surface area contributed by atoms with Crippen LogP contribution < -0.4 is 16.4 Å². The smallest absolute Gasteiger partial charge is 0.247 e. The molecule has 2 fully saturated rings. The summed E-state index contributed by atoms with van der Waals surface area (Å²) in [6.45, 7) is 1.68. The third-order valence-corrected chi connectivity index (χ3v) is 5.28. The largest absolute Gasteiger partial charge is 0.367 e. The number of carbonyl (C=O) groups excluding carboxylic acids is 2. The molecule has 0 radical (unpaired) electrons. The predicted octanol–water partition coefficient (Wildman–Crippen LogP) is 1.42. The van der Waals surface area contributed by atoms with Gasteiger partial charge in [-0.15, -0.1) is 0 Å². The number of nitrogens with one attached hydrogen (secondary N) is 2. The van der Waals surface area contributed by atoms with Gasteiger partial charge in [-0.05, 0) is 44.1 Å². The number of rotatable bonds is 5. The normalized spacial score (nSPS) is 28.8. The van der Waals surface area contributed by atoms with Crippen LogP contribution in [-0.2, 0) is 15.1 Å². The average Bonchev–Trinajstić information content (AvgIpc) is 2.86. The van der Waals surface area contributed by atoms with Gasteiger partial charge in [0.2, 0.25) is 11.8 Å². The molecule has 3 rings (SSSR count). The van der Waals surface area contributed by atoms with Gasteiger partial charge in [0.15, 0.2) is 0 Å². The van der Waals surface area contributed by atoms with E-state index in [1.54, 1.807) is 6.92 Å². The first-order valence-corrected chi connectivity index (χ1v) is 8.40. The highest BCUT2D eigenvalue weighted by Crippen LogP contribution is 2.33. The Labute approximate surface area is 137 Å². The minimum absolute atomic E-state index is 0.0959. The summed E-state index contributed by atoms with van der Waals surface area (Å²) >= 11 is 0. The number of piperidine rings is 1. The lowest BCUT2D eigenvalue weighted by molar-refractivity contribution is -0.132. The molecule has 1 aromatic rings. The second kappa shape index (κ2) is 6.32. The Morgan fingerprint density at radius 1 is 1.22 bits per heavy atom. The molecule has 0 aromatic heterocycles. The fraction of sp³-hybridized carbons (Fsp3) is 0.556. The summed E-state index contributed by atoms with van der Waals surface area (Å²) in [7, 11) is 0. The van der Waals surface area contributed by atoms with E-state index in [1.807, 2.05) is 30.3 Å². The minimum atomic E-state index is -1.16. The maximum Gasteiger partial charge on any atom is 0.247 e. The van der Waals surface area contributed by atoms with Crippen LogP contribution >= 0.6 is 0 Å². The Morgan fingerprint density at radius 3 is 2.39 bits per heavy atom. The van der Waals surface area contributed by atoms with Gasteiger partial charge >= 0.3 is 0 Å². The topological polar surface area (TPSA) is 84.2 Å². The fourth-order valence-corrected chi connectivity index (χ4v) is 3.98. The lowest BCUT2D eigenvalue weighted by Crippen LogP contribution is -2.53. The molecule has 1 aromatic carbocycles. The Morgan fingerprint density at radius 2 is 1.83 bits per heavy atom. The van der Waals surface area contributed by atoms with E-state index >= 15 is 0 Å². The quantitative estimate of drug-likeness (QED) is 0.768. The van der Waals surface area contributed by atoms with Crippen molar-refractivity contribution in [3.8, 4) is 0 Å². The zero-order valence-corrected chi connectivity index (χ0v) is 13.5. The van der Waals surface area contributed by atoms with E-state index in [9.17, 15) is 9.59 Å². The van der Waals surface area contributed by atoms with Gasteiger partial charge in [-0.2, -0.15) is 0 Å². The molecule has 5 nitrogen and oxygen atoms in total. The highest BCUT2D eigenvalue weighted by atomic mass is 16.2. The molecule has 3 unspecified atom stereocenters. The summed E-state index contributed by atoms with van der Waals surface area (Å²) in [4.78, 5) is 24.5. The number of carbonyl (C=O) groups is 2. The third-order valence-electron chi connectivity index (χ3n) is 5.28. The zero-order valence-electron chi connectivity index (χ0n) is 13.5. The number of nitrogens with two attached hydrogens (primary N) is 1. The monoisotopic (exact) mass is 315 g/mol. The number of amides is 2. The molecule has 5 heteroatoms. The number of hydrogen-bond acceptors (Lipinski definition) is 3. The standard InChI is InChI=1S/C18H25N3O2/c1-18(17(19)23,13-5-3-2-4-6-13)21-16(22)11-12-9-14-7-8-15(10-12)20-14/h2-6,12,14-15,20H,7-11H2,1H3,(H2,19,23)(H,21,22). The van der Waals surface area contributed by atoms with Gasteiger partial charge in [0, 0.05) is 18.5 Å². The summed E-state index contributed by atoms with van der Waals surface area (Å²) in [5, 5.41) is 6.45. The van der Waals surface area contributed by atoms with Crippen LogP contribution in [0, 0.1) is 5.92 Å².